The largest absolute Gasteiger partial charge is 0.484 e. The second-order valence-corrected chi connectivity index (χ2v) is 8.62. The standard InChI is InChI=1S/C25H24N2O3S/c1-17-11-18(2)13-21(12-17)27-24(29)16-31-25(27)19-7-6-8-20(14-19)26-23(28)15-30-22-9-4-3-5-10-22/h3-14,25H,15-16H2,1-2H3,(H,26,28)/t25-/m1/s1. The van der Waals surface area contributed by atoms with Crippen molar-refractivity contribution in [2.75, 3.05) is 22.6 Å². The zero-order valence-corrected chi connectivity index (χ0v) is 18.3. The lowest BCUT2D eigenvalue weighted by Gasteiger charge is -2.25. The van der Waals surface area contributed by atoms with Gasteiger partial charge in [-0.05, 0) is 66.9 Å². The Labute approximate surface area is 186 Å². The van der Waals surface area contributed by atoms with Crippen LogP contribution in [0.3, 0.4) is 0 Å². The molecule has 3 aromatic carbocycles. The van der Waals surface area contributed by atoms with Crippen molar-refractivity contribution in [1.29, 1.82) is 0 Å². The summed E-state index contributed by atoms with van der Waals surface area (Å²) < 4.78 is 5.51. The summed E-state index contributed by atoms with van der Waals surface area (Å²) in [6.07, 6.45) is 0. The van der Waals surface area contributed by atoms with Crippen molar-refractivity contribution in [2.45, 2.75) is 19.2 Å². The number of carbonyl (C=O) groups excluding carboxylic acids is 2. The second kappa shape index (κ2) is 9.27. The first kappa shape index (κ1) is 21.0. The Hall–Kier alpha value is -3.25. The molecule has 1 aliphatic rings. The third-order valence-corrected chi connectivity index (χ3v) is 6.13. The third kappa shape index (κ3) is 5.09. The van der Waals surface area contributed by atoms with E-state index < -0.39 is 0 Å². The molecule has 158 valence electrons. The average Bonchev–Trinajstić information content (AvgIpc) is 3.14. The molecule has 1 heterocycles. The van der Waals surface area contributed by atoms with Gasteiger partial charge in [0.15, 0.2) is 6.61 Å². The lowest BCUT2D eigenvalue weighted by atomic mass is 10.1. The van der Waals surface area contributed by atoms with Crippen molar-refractivity contribution in [1.82, 2.24) is 0 Å². The lowest BCUT2D eigenvalue weighted by molar-refractivity contribution is -0.118. The summed E-state index contributed by atoms with van der Waals surface area (Å²) in [4.78, 5) is 26.9. The first-order valence-electron chi connectivity index (χ1n) is 10.1. The van der Waals surface area contributed by atoms with Gasteiger partial charge in [0.1, 0.15) is 11.1 Å². The van der Waals surface area contributed by atoms with Crippen molar-refractivity contribution in [3.05, 3.63) is 89.5 Å². The number of benzene rings is 3. The summed E-state index contributed by atoms with van der Waals surface area (Å²) in [7, 11) is 0. The minimum absolute atomic E-state index is 0.0698. The summed E-state index contributed by atoms with van der Waals surface area (Å²) in [5.41, 5.74) is 4.80. The molecule has 2 amide bonds. The van der Waals surface area contributed by atoms with Crippen molar-refractivity contribution >= 4 is 35.0 Å². The predicted molar refractivity (Wildman–Crippen MR) is 126 cm³/mol. The van der Waals surface area contributed by atoms with Crippen LogP contribution in [-0.2, 0) is 9.59 Å². The topological polar surface area (TPSA) is 58.6 Å². The molecule has 0 aromatic heterocycles. The van der Waals surface area contributed by atoms with Crippen molar-refractivity contribution in [2.24, 2.45) is 0 Å². The van der Waals surface area contributed by atoms with Gasteiger partial charge in [-0.3, -0.25) is 14.5 Å². The first-order valence-corrected chi connectivity index (χ1v) is 11.1. The number of amides is 2. The van der Waals surface area contributed by atoms with E-state index in [0.29, 0.717) is 17.2 Å². The van der Waals surface area contributed by atoms with Gasteiger partial charge in [-0.15, -0.1) is 11.8 Å². The molecule has 4 rings (SSSR count). The molecular formula is C25H24N2O3S. The van der Waals surface area contributed by atoms with Crippen LogP contribution < -0.4 is 15.0 Å². The number of hydrogen-bond donors (Lipinski definition) is 1. The fourth-order valence-corrected chi connectivity index (χ4v) is 4.84. The molecule has 0 spiro atoms. The molecule has 1 fully saturated rings. The van der Waals surface area contributed by atoms with E-state index in [1.54, 1.807) is 11.8 Å². The van der Waals surface area contributed by atoms with Crippen LogP contribution in [0.25, 0.3) is 0 Å². The van der Waals surface area contributed by atoms with Crippen LogP contribution in [0.15, 0.2) is 72.8 Å². The Morgan fingerprint density at radius 1 is 1.03 bits per heavy atom. The van der Waals surface area contributed by atoms with Crippen LogP contribution in [0.4, 0.5) is 11.4 Å². The van der Waals surface area contributed by atoms with E-state index in [0.717, 1.165) is 22.4 Å². The van der Waals surface area contributed by atoms with E-state index in [1.807, 2.05) is 85.5 Å². The first-order chi connectivity index (χ1) is 15.0. The van der Waals surface area contributed by atoms with Gasteiger partial charge in [-0.25, -0.2) is 0 Å². The monoisotopic (exact) mass is 432 g/mol. The zero-order chi connectivity index (χ0) is 21.8. The van der Waals surface area contributed by atoms with E-state index in [9.17, 15) is 9.59 Å². The molecule has 1 saturated heterocycles. The highest BCUT2D eigenvalue weighted by Crippen LogP contribution is 2.42. The Bertz CT molecular complexity index is 1080. The van der Waals surface area contributed by atoms with Crippen LogP contribution in [-0.4, -0.2) is 24.2 Å². The lowest BCUT2D eigenvalue weighted by Crippen LogP contribution is -2.28. The Balaban J connectivity index is 1.49. The summed E-state index contributed by atoms with van der Waals surface area (Å²) in [5.74, 6) is 0.934. The molecule has 6 heteroatoms. The predicted octanol–water partition coefficient (Wildman–Crippen LogP) is 5.10. The van der Waals surface area contributed by atoms with E-state index in [2.05, 4.69) is 11.4 Å². The fourth-order valence-electron chi connectivity index (χ4n) is 3.67. The summed E-state index contributed by atoms with van der Waals surface area (Å²) >= 11 is 1.59. The highest BCUT2D eigenvalue weighted by Gasteiger charge is 2.34. The van der Waals surface area contributed by atoms with Crippen molar-refractivity contribution in [3.63, 3.8) is 0 Å². The number of thioether (sulfide) groups is 1. The number of ether oxygens (including phenoxy) is 1. The highest BCUT2D eigenvalue weighted by atomic mass is 32.2. The highest BCUT2D eigenvalue weighted by molar-refractivity contribution is 8.00. The maximum atomic E-state index is 12.7. The molecule has 1 aliphatic heterocycles. The van der Waals surface area contributed by atoms with E-state index >= 15 is 0 Å². The van der Waals surface area contributed by atoms with Gasteiger partial charge in [-0.1, -0.05) is 36.4 Å². The van der Waals surface area contributed by atoms with Gasteiger partial charge in [0.25, 0.3) is 5.91 Å². The smallest absolute Gasteiger partial charge is 0.262 e. The van der Waals surface area contributed by atoms with Gasteiger partial charge in [0.05, 0.1) is 5.75 Å². The number of carbonyl (C=O) groups is 2. The van der Waals surface area contributed by atoms with Crippen LogP contribution in [0, 0.1) is 13.8 Å². The van der Waals surface area contributed by atoms with Crippen molar-refractivity contribution < 1.29 is 14.3 Å². The molecule has 0 radical (unpaired) electrons. The number of nitrogens with zero attached hydrogens (tertiary/aromatic N) is 1. The molecule has 1 atom stereocenters. The van der Waals surface area contributed by atoms with Crippen LogP contribution in [0.5, 0.6) is 5.75 Å². The van der Waals surface area contributed by atoms with Crippen LogP contribution in [0.2, 0.25) is 0 Å². The molecule has 31 heavy (non-hydrogen) atoms. The maximum absolute atomic E-state index is 12.7. The van der Waals surface area contributed by atoms with E-state index in [-0.39, 0.29) is 23.8 Å². The minimum atomic E-state index is -0.234. The van der Waals surface area contributed by atoms with Crippen molar-refractivity contribution in [3.8, 4) is 5.75 Å². The molecule has 1 N–H and O–H groups in total. The summed E-state index contributed by atoms with van der Waals surface area (Å²) in [6.45, 7) is 4.00. The Kier molecular flexibility index (Phi) is 6.28. The quantitative estimate of drug-likeness (QED) is 0.589. The molecule has 3 aromatic rings. The summed E-state index contributed by atoms with van der Waals surface area (Å²) in [6, 6.07) is 23.1. The van der Waals surface area contributed by atoms with Gasteiger partial charge >= 0.3 is 0 Å². The molecule has 5 nitrogen and oxygen atoms in total. The number of rotatable bonds is 6. The normalized spacial score (nSPS) is 15.7. The Morgan fingerprint density at radius 2 is 1.77 bits per heavy atom. The average molecular weight is 433 g/mol. The maximum Gasteiger partial charge on any atom is 0.262 e. The minimum Gasteiger partial charge on any atom is -0.484 e. The second-order valence-electron chi connectivity index (χ2n) is 7.55. The van der Waals surface area contributed by atoms with E-state index in [4.69, 9.17) is 4.74 Å². The number of para-hydroxylation sites is 1. The third-order valence-electron chi connectivity index (χ3n) is 4.92. The molecule has 0 unspecified atom stereocenters. The van der Waals surface area contributed by atoms with Gasteiger partial charge < -0.3 is 10.1 Å². The van der Waals surface area contributed by atoms with Gasteiger partial charge in [0.2, 0.25) is 5.91 Å². The van der Waals surface area contributed by atoms with E-state index in [1.165, 1.54) is 0 Å². The zero-order valence-electron chi connectivity index (χ0n) is 17.5. The number of nitrogens with one attached hydrogen (secondary N) is 1. The van der Waals surface area contributed by atoms with Crippen LogP contribution >= 0.6 is 11.8 Å². The fraction of sp³-hybridized carbons (Fsp3) is 0.200. The summed E-state index contributed by atoms with van der Waals surface area (Å²) in [5, 5.41) is 2.75. The van der Waals surface area contributed by atoms with Gasteiger partial charge in [-0.2, -0.15) is 0 Å². The molecule has 0 aliphatic carbocycles. The number of hydrogen-bond acceptors (Lipinski definition) is 4. The number of anilines is 2. The number of aryl methyl sites for hydroxylation is 2. The SMILES string of the molecule is Cc1cc(C)cc(N2C(=O)CS[C@@H]2c2cccc(NC(=O)COc3ccccc3)c2)c1. The molecule has 0 bridgehead atoms. The molecular weight excluding hydrogens is 408 g/mol. The Morgan fingerprint density at radius 3 is 2.52 bits per heavy atom. The molecule has 0 saturated carbocycles. The van der Waals surface area contributed by atoms with Gasteiger partial charge in [0, 0.05) is 11.4 Å². The van der Waals surface area contributed by atoms with Crippen LogP contribution in [0.1, 0.15) is 22.1 Å².